The molecular weight excluding hydrogens is 497 g/mol. The van der Waals surface area contributed by atoms with Gasteiger partial charge in [0.2, 0.25) is 0 Å². The third-order valence-electron chi connectivity index (χ3n) is 5.34. The number of hydrogen-bond acceptors (Lipinski definition) is 5. The molecule has 3 rings (SSSR count). The highest BCUT2D eigenvalue weighted by Gasteiger charge is 2.16. The molecule has 0 aromatic heterocycles. The number of anilines is 2. The Bertz CT molecular complexity index is 1380. The van der Waals surface area contributed by atoms with Crippen LogP contribution in [0, 0.1) is 31.0 Å². The Morgan fingerprint density at radius 2 is 1.81 bits per heavy atom. The number of nitrogens with one attached hydrogen (secondary N) is 2. The number of nitriles is 1. The first-order valence-corrected chi connectivity index (χ1v) is 11.7. The first kappa shape index (κ1) is 27.2. The van der Waals surface area contributed by atoms with E-state index in [0.717, 1.165) is 11.1 Å². The van der Waals surface area contributed by atoms with Crippen molar-refractivity contribution in [3.8, 4) is 17.6 Å². The lowest BCUT2D eigenvalue weighted by Crippen LogP contribution is -2.20. The summed E-state index contributed by atoms with van der Waals surface area (Å²) in [7, 11) is 0. The second-order valence-corrected chi connectivity index (χ2v) is 8.39. The molecule has 0 bridgehead atoms. The molecule has 0 unspecified atom stereocenters. The molecule has 0 atom stereocenters. The van der Waals surface area contributed by atoms with E-state index in [-0.39, 0.29) is 35.3 Å². The van der Waals surface area contributed by atoms with Gasteiger partial charge in [0.25, 0.3) is 11.8 Å². The Balaban J connectivity index is 1.78. The number of halogens is 2. The molecule has 3 aromatic carbocycles. The Kier molecular flexibility index (Phi) is 9.25. The largest absolute Gasteiger partial charge is 0.490 e. The van der Waals surface area contributed by atoms with Gasteiger partial charge in [-0.15, -0.1) is 0 Å². The first-order chi connectivity index (χ1) is 17.7. The molecule has 0 saturated heterocycles. The van der Waals surface area contributed by atoms with Crippen LogP contribution in [0.5, 0.6) is 11.5 Å². The van der Waals surface area contributed by atoms with Crippen molar-refractivity contribution in [2.45, 2.75) is 20.8 Å². The zero-order valence-corrected chi connectivity index (χ0v) is 21.3. The molecule has 0 fully saturated rings. The monoisotopic (exact) mass is 521 g/mol. The molecule has 7 nitrogen and oxygen atoms in total. The van der Waals surface area contributed by atoms with Crippen molar-refractivity contribution < 1.29 is 23.5 Å². The number of rotatable bonds is 9. The van der Waals surface area contributed by atoms with E-state index in [1.54, 1.807) is 19.1 Å². The number of aryl methyl sites for hydroxylation is 1. The van der Waals surface area contributed by atoms with Gasteiger partial charge in [-0.25, -0.2) is 4.39 Å². The molecule has 190 valence electrons. The van der Waals surface area contributed by atoms with Gasteiger partial charge in [-0.3, -0.25) is 9.59 Å². The molecule has 9 heteroatoms. The summed E-state index contributed by atoms with van der Waals surface area (Å²) in [5.74, 6) is -1.10. The predicted molar refractivity (Wildman–Crippen MR) is 141 cm³/mol. The molecule has 0 aliphatic rings. The highest BCUT2D eigenvalue weighted by atomic mass is 35.5. The molecular formula is C28H25ClFN3O4. The summed E-state index contributed by atoms with van der Waals surface area (Å²) in [6.45, 7) is 5.47. The lowest BCUT2D eigenvalue weighted by Gasteiger charge is -2.15. The number of nitrogens with zero attached hydrogens (tertiary/aromatic N) is 1. The van der Waals surface area contributed by atoms with Gasteiger partial charge in [-0.2, -0.15) is 5.26 Å². The van der Waals surface area contributed by atoms with E-state index in [1.165, 1.54) is 36.4 Å². The number of benzene rings is 3. The standard InChI is InChI=1S/C28H25ClFN3O4/c1-4-36-25-14-19(12-20(15-31)28(35)33-24-7-5-6-17(2)18(24)3)13-23(29)27(25)37-16-26(34)32-22-10-8-21(30)9-11-22/h5-14H,4,16H2,1-3H3,(H,32,34)(H,33,35)/b20-12-. The van der Waals surface area contributed by atoms with E-state index >= 15 is 0 Å². The van der Waals surface area contributed by atoms with Gasteiger partial charge < -0.3 is 20.1 Å². The lowest BCUT2D eigenvalue weighted by molar-refractivity contribution is -0.118. The molecule has 3 aromatic rings. The maximum absolute atomic E-state index is 13.1. The van der Waals surface area contributed by atoms with Gasteiger partial charge in [-0.05, 0) is 86.0 Å². The van der Waals surface area contributed by atoms with Crippen molar-refractivity contribution >= 4 is 40.9 Å². The molecule has 37 heavy (non-hydrogen) atoms. The van der Waals surface area contributed by atoms with Crippen LogP contribution in [0.4, 0.5) is 15.8 Å². The average molecular weight is 522 g/mol. The van der Waals surface area contributed by atoms with Crippen molar-refractivity contribution in [1.82, 2.24) is 0 Å². The van der Waals surface area contributed by atoms with Crippen molar-refractivity contribution in [2.75, 3.05) is 23.8 Å². The van der Waals surface area contributed by atoms with Crippen LogP contribution >= 0.6 is 11.6 Å². The lowest BCUT2D eigenvalue weighted by atomic mass is 10.1. The van der Waals surface area contributed by atoms with Gasteiger partial charge in [0, 0.05) is 11.4 Å². The van der Waals surface area contributed by atoms with Crippen LogP contribution in [-0.2, 0) is 9.59 Å². The Hall–Kier alpha value is -4.35. The third-order valence-corrected chi connectivity index (χ3v) is 5.62. The van der Waals surface area contributed by atoms with E-state index in [2.05, 4.69) is 10.6 Å². The average Bonchev–Trinajstić information content (AvgIpc) is 2.86. The maximum atomic E-state index is 13.1. The molecule has 0 saturated carbocycles. The number of hydrogen-bond donors (Lipinski definition) is 2. The quantitative estimate of drug-likeness (QED) is 0.263. The number of amides is 2. The summed E-state index contributed by atoms with van der Waals surface area (Å²) in [5.41, 5.74) is 3.24. The van der Waals surface area contributed by atoms with Crippen LogP contribution in [0.25, 0.3) is 6.08 Å². The molecule has 0 spiro atoms. The Morgan fingerprint density at radius 1 is 1.08 bits per heavy atom. The van der Waals surface area contributed by atoms with Crippen LogP contribution < -0.4 is 20.1 Å². The summed E-state index contributed by atoms with van der Waals surface area (Å²) in [6, 6.07) is 15.8. The summed E-state index contributed by atoms with van der Waals surface area (Å²) in [5, 5.41) is 15.1. The van der Waals surface area contributed by atoms with Gasteiger partial charge in [0.05, 0.1) is 11.6 Å². The second-order valence-electron chi connectivity index (χ2n) is 7.98. The highest BCUT2D eigenvalue weighted by Crippen LogP contribution is 2.37. The number of ether oxygens (including phenoxy) is 2. The fourth-order valence-electron chi connectivity index (χ4n) is 3.33. The van der Waals surface area contributed by atoms with Gasteiger partial charge >= 0.3 is 0 Å². The van der Waals surface area contributed by atoms with Crippen molar-refractivity contribution in [3.05, 3.63) is 87.7 Å². The van der Waals surface area contributed by atoms with Crippen molar-refractivity contribution in [3.63, 3.8) is 0 Å². The van der Waals surface area contributed by atoms with Crippen molar-refractivity contribution in [1.29, 1.82) is 5.26 Å². The molecule has 2 N–H and O–H groups in total. The van der Waals surface area contributed by atoms with Crippen LogP contribution in [0.3, 0.4) is 0 Å². The molecule has 0 heterocycles. The molecule has 0 radical (unpaired) electrons. The summed E-state index contributed by atoms with van der Waals surface area (Å²) >= 11 is 6.41. The SMILES string of the molecule is CCOc1cc(/C=C(/C#N)C(=O)Nc2cccc(C)c2C)cc(Cl)c1OCC(=O)Nc1ccc(F)cc1. The zero-order valence-electron chi connectivity index (χ0n) is 20.5. The van der Waals surface area contributed by atoms with E-state index in [4.69, 9.17) is 21.1 Å². The first-order valence-electron chi connectivity index (χ1n) is 11.4. The molecule has 0 aliphatic carbocycles. The van der Waals surface area contributed by atoms with Gasteiger partial charge in [-0.1, -0.05) is 23.7 Å². The minimum absolute atomic E-state index is 0.124. The van der Waals surface area contributed by atoms with Crippen LogP contribution in [0.1, 0.15) is 23.6 Å². The van der Waals surface area contributed by atoms with Crippen LogP contribution in [-0.4, -0.2) is 25.0 Å². The Labute approximate surface area is 219 Å². The van der Waals surface area contributed by atoms with E-state index in [1.807, 2.05) is 32.0 Å². The zero-order chi connectivity index (χ0) is 26.9. The normalized spacial score (nSPS) is 10.9. The highest BCUT2D eigenvalue weighted by molar-refractivity contribution is 6.32. The summed E-state index contributed by atoms with van der Waals surface area (Å²) in [6.07, 6.45) is 1.39. The van der Waals surface area contributed by atoms with E-state index < -0.39 is 17.6 Å². The minimum atomic E-state index is -0.567. The second kappa shape index (κ2) is 12.6. The fourth-order valence-corrected chi connectivity index (χ4v) is 3.61. The smallest absolute Gasteiger partial charge is 0.266 e. The minimum Gasteiger partial charge on any atom is -0.490 e. The molecule has 0 aliphatic heterocycles. The van der Waals surface area contributed by atoms with E-state index in [0.29, 0.717) is 16.9 Å². The number of carbonyl (C=O) groups excluding carboxylic acids is 2. The van der Waals surface area contributed by atoms with Gasteiger partial charge in [0.15, 0.2) is 18.1 Å². The van der Waals surface area contributed by atoms with Crippen molar-refractivity contribution in [2.24, 2.45) is 0 Å². The third kappa shape index (κ3) is 7.32. The number of carbonyl (C=O) groups is 2. The topological polar surface area (TPSA) is 100 Å². The summed E-state index contributed by atoms with van der Waals surface area (Å²) in [4.78, 5) is 25.0. The molecule has 2 amide bonds. The maximum Gasteiger partial charge on any atom is 0.266 e. The predicted octanol–water partition coefficient (Wildman–Crippen LogP) is 6.06. The van der Waals surface area contributed by atoms with E-state index in [9.17, 15) is 19.2 Å². The Morgan fingerprint density at radius 3 is 2.49 bits per heavy atom. The van der Waals surface area contributed by atoms with Crippen LogP contribution in [0.15, 0.2) is 60.2 Å². The summed E-state index contributed by atoms with van der Waals surface area (Å²) < 4.78 is 24.3. The van der Waals surface area contributed by atoms with Crippen LogP contribution in [0.2, 0.25) is 5.02 Å². The van der Waals surface area contributed by atoms with Gasteiger partial charge in [0.1, 0.15) is 17.5 Å². The fraction of sp³-hybridized carbons (Fsp3) is 0.179.